The minimum absolute atomic E-state index is 0.463. The fraction of sp³-hybridized carbons (Fsp3) is 0.333. The van der Waals surface area contributed by atoms with E-state index in [1.165, 1.54) is 0 Å². The second kappa shape index (κ2) is 9.35. The molecule has 2 aromatic carbocycles. The van der Waals surface area contributed by atoms with Gasteiger partial charge in [0.1, 0.15) is 0 Å². The third-order valence-corrected chi connectivity index (χ3v) is 6.72. The molecule has 23 heavy (non-hydrogen) atoms. The summed E-state index contributed by atoms with van der Waals surface area (Å²) in [4.78, 5) is 1.47. The minimum Gasteiger partial charge on any atom is -0.609 e. The van der Waals surface area contributed by atoms with E-state index in [2.05, 4.69) is 0 Å². The SMILES string of the molecule is CC[13CH](O[13CH](CC)[S+]([O-])c1ccccc1)[S+]([O-])c1ccccc1. The van der Waals surface area contributed by atoms with Crippen LogP contribution in [0.15, 0.2) is 70.5 Å². The average Bonchev–Trinajstić information content (AvgIpc) is 2.63. The molecule has 0 bridgehead atoms. The van der Waals surface area contributed by atoms with E-state index < -0.39 is 33.2 Å². The number of hydrogen-bond donors (Lipinski definition) is 0. The highest BCUT2D eigenvalue weighted by Gasteiger charge is 2.32. The lowest BCUT2D eigenvalue weighted by atomic mass is 10.4. The molecular weight excluding hydrogens is 330 g/mol. The largest absolute Gasteiger partial charge is 0.609 e. The molecule has 2 aromatic rings. The molecule has 0 fully saturated rings. The quantitative estimate of drug-likeness (QED) is 0.531. The summed E-state index contributed by atoms with van der Waals surface area (Å²) < 4.78 is 31.3. The van der Waals surface area contributed by atoms with Crippen LogP contribution in [0.1, 0.15) is 26.7 Å². The molecule has 4 unspecified atom stereocenters. The Morgan fingerprint density at radius 1 is 0.739 bits per heavy atom. The van der Waals surface area contributed by atoms with Gasteiger partial charge in [-0.15, -0.1) is 0 Å². The van der Waals surface area contributed by atoms with Gasteiger partial charge in [0.15, 0.2) is 9.79 Å². The first-order valence-electron chi connectivity index (χ1n) is 7.74. The Kier molecular flexibility index (Phi) is 7.46. The molecule has 5 heteroatoms. The van der Waals surface area contributed by atoms with Crippen molar-refractivity contribution >= 4 is 22.4 Å². The van der Waals surface area contributed by atoms with Gasteiger partial charge in [0.05, 0.1) is 0 Å². The summed E-state index contributed by atoms with van der Waals surface area (Å²) in [6, 6.07) is 18.5. The van der Waals surface area contributed by atoms with Gasteiger partial charge < -0.3 is 9.11 Å². The standard InChI is InChI=1S/C18H22O3S2/c1-3-17(22(19)15-11-7-5-8-12-15)21-18(4-2)23(20)16-13-9-6-10-14-16/h5-14,17-18H,3-4H2,1-2H3/i17+1,18+1. The molecule has 0 amide bonds. The fourth-order valence-corrected chi connectivity index (χ4v) is 4.78. The maximum atomic E-state index is 12.7. The number of rotatable bonds is 8. The Morgan fingerprint density at radius 3 is 1.39 bits per heavy atom. The van der Waals surface area contributed by atoms with Gasteiger partial charge in [-0.1, -0.05) is 50.2 Å². The summed E-state index contributed by atoms with van der Waals surface area (Å²) in [6.45, 7) is 3.87. The normalized spacial score (nSPS) is 16.5. The maximum absolute atomic E-state index is 12.7. The molecule has 0 aromatic heterocycles. The fourth-order valence-electron chi connectivity index (χ4n) is 2.18. The third kappa shape index (κ3) is 4.99. The lowest BCUT2D eigenvalue weighted by Gasteiger charge is -2.26. The molecule has 0 aliphatic carbocycles. The molecule has 0 N–H and O–H groups in total. The zero-order valence-corrected chi connectivity index (χ0v) is 15.0. The van der Waals surface area contributed by atoms with Gasteiger partial charge in [-0.2, -0.15) is 0 Å². The Bertz CT molecular complexity index is 513. The Balaban J connectivity index is 2.09. The smallest absolute Gasteiger partial charge is 0.225 e. The van der Waals surface area contributed by atoms with Crippen LogP contribution in [0.25, 0.3) is 0 Å². The molecule has 0 aliphatic heterocycles. The first-order valence-corrected chi connectivity index (χ1v) is 10.2. The predicted octanol–water partition coefficient (Wildman–Crippen LogP) is 4.09. The van der Waals surface area contributed by atoms with E-state index in [9.17, 15) is 9.11 Å². The van der Waals surface area contributed by atoms with Crippen LogP contribution in [0.4, 0.5) is 0 Å². The van der Waals surface area contributed by atoms with E-state index in [4.69, 9.17) is 4.74 Å². The summed E-state index contributed by atoms with van der Waals surface area (Å²) in [5, 5.41) is 0. The number of ether oxygens (including phenoxy) is 1. The van der Waals surface area contributed by atoms with Crippen LogP contribution in [0.3, 0.4) is 0 Å². The molecule has 0 spiro atoms. The highest BCUT2D eigenvalue weighted by atomic mass is 32.2. The molecule has 3 nitrogen and oxygen atoms in total. The lowest BCUT2D eigenvalue weighted by molar-refractivity contribution is 0.0741. The van der Waals surface area contributed by atoms with Crippen LogP contribution >= 0.6 is 0 Å². The molecule has 0 aliphatic rings. The number of hydrogen-bond acceptors (Lipinski definition) is 3. The first-order chi connectivity index (χ1) is 11.2. The zero-order valence-electron chi connectivity index (χ0n) is 13.4. The molecule has 0 saturated carbocycles. The monoisotopic (exact) mass is 352 g/mol. The summed E-state index contributed by atoms with van der Waals surface area (Å²) >= 11 is -2.55. The third-order valence-electron chi connectivity index (χ3n) is 3.40. The van der Waals surface area contributed by atoms with Crippen molar-refractivity contribution in [1.82, 2.24) is 0 Å². The van der Waals surface area contributed by atoms with E-state index in [1.807, 2.05) is 74.5 Å². The van der Waals surface area contributed by atoms with Crippen LogP contribution in [-0.4, -0.2) is 20.0 Å². The molecule has 0 radical (unpaired) electrons. The van der Waals surface area contributed by atoms with Crippen molar-refractivity contribution in [3.05, 3.63) is 60.7 Å². The van der Waals surface area contributed by atoms with Crippen molar-refractivity contribution in [2.45, 2.75) is 47.4 Å². The van der Waals surface area contributed by atoms with Crippen molar-refractivity contribution in [3.8, 4) is 0 Å². The first kappa shape index (κ1) is 18.4. The van der Waals surface area contributed by atoms with Gasteiger partial charge in [-0.3, -0.25) is 4.74 Å². The van der Waals surface area contributed by atoms with Gasteiger partial charge in [-0.05, 0) is 24.3 Å². The summed E-state index contributed by atoms with van der Waals surface area (Å²) in [7, 11) is 0. The highest BCUT2D eigenvalue weighted by molar-refractivity contribution is 7.92. The van der Waals surface area contributed by atoms with Gasteiger partial charge >= 0.3 is 0 Å². The summed E-state index contributed by atoms with van der Waals surface area (Å²) in [5.41, 5.74) is -0.926. The van der Waals surface area contributed by atoms with Gasteiger partial charge in [-0.25, -0.2) is 0 Å². The van der Waals surface area contributed by atoms with Crippen molar-refractivity contribution in [1.29, 1.82) is 0 Å². The van der Waals surface area contributed by atoms with E-state index in [1.54, 1.807) is 0 Å². The van der Waals surface area contributed by atoms with Crippen LogP contribution in [-0.2, 0) is 27.1 Å². The Hall–Kier alpha value is -0.980. The van der Waals surface area contributed by atoms with Gasteiger partial charge in [0.25, 0.3) is 0 Å². The zero-order chi connectivity index (χ0) is 16.7. The van der Waals surface area contributed by atoms with Crippen molar-refractivity contribution in [2.24, 2.45) is 0 Å². The summed E-state index contributed by atoms with van der Waals surface area (Å²) in [6.07, 6.45) is 1.20. The Morgan fingerprint density at radius 2 is 1.09 bits per heavy atom. The predicted molar refractivity (Wildman–Crippen MR) is 94.9 cm³/mol. The van der Waals surface area contributed by atoms with Crippen molar-refractivity contribution in [3.63, 3.8) is 0 Å². The van der Waals surface area contributed by atoms with E-state index in [-0.39, 0.29) is 0 Å². The second-order valence-electron chi connectivity index (χ2n) is 5.03. The molecule has 0 heterocycles. The van der Waals surface area contributed by atoms with Crippen LogP contribution in [0.5, 0.6) is 0 Å². The molecule has 2 rings (SSSR count). The number of benzene rings is 2. The van der Waals surface area contributed by atoms with Crippen LogP contribution < -0.4 is 0 Å². The van der Waals surface area contributed by atoms with Crippen molar-refractivity contribution in [2.75, 3.05) is 0 Å². The molecule has 0 saturated heterocycles. The van der Waals surface area contributed by atoms with Gasteiger partial charge in [0.2, 0.25) is 10.9 Å². The molecular formula is C18H22O3S2. The van der Waals surface area contributed by atoms with E-state index in [0.717, 1.165) is 9.79 Å². The van der Waals surface area contributed by atoms with Crippen LogP contribution in [0.2, 0.25) is 0 Å². The van der Waals surface area contributed by atoms with Crippen LogP contribution in [0, 0.1) is 0 Å². The second-order valence-corrected chi connectivity index (χ2v) is 8.22. The topological polar surface area (TPSA) is 55.3 Å². The van der Waals surface area contributed by atoms with E-state index >= 15 is 0 Å². The van der Waals surface area contributed by atoms with Gasteiger partial charge in [0, 0.05) is 35.2 Å². The lowest BCUT2D eigenvalue weighted by Crippen LogP contribution is -2.33. The minimum atomic E-state index is -1.27. The van der Waals surface area contributed by atoms with E-state index in [0.29, 0.717) is 12.8 Å². The highest BCUT2D eigenvalue weighted by Crippen LogP contribution is 2.25. The van der Waals surface area contributed by atoms with Crippen molar-refractivity contribution < 1.29 is 13.8 Å². The molecule has 4 atom stereocenters. The average molecular weight is 352 g/mol. The summed E-state index contributed by atoms with van der Waals surface area (Å²) in [5.74, 6) is 0. The molecule has 124 valence electrons. The maximum Gasteiger partial charge on any atom is 0.225 e. The Labute approximate surface area is 144 Å².